The minimum absolute atomic E-state index is 0. The van der Waals surface area contributed by atoms with Crippen LogP contribution in [0, 0.1) is 0 Å². The summed E-state index contributed by atoms with van der Waals surface area (Å²) in [5.41, 5.74) is 3.68. The molecular formula is C59H74N4O11. The lowest BCUT2D eigenvalue weighted by Gasteiger charge is -2.22. The maximum absolute atomic E-state index is 13.4. The number of carbonyl (C=O) groups is 6. The number of amides is 2. The third kappa shape index (κ3) is 21.7. The molecule has 0 spiro atoms. The van der Waals surface area contributed by atoms with Crippen LogP contribution in [-0.4, -0.2) is 80.2 Å². The van der Waals surface area contributed by atoms with Gasteiger partial charge in [0.25, 0.3) is 0 Å². The number of aliphatic carboxylic acids is 1. The first kappa shape index (κ1) is 60.8. The zero-order chi connectivity index (χ0) is 53.6. The molecule has 15 heteroatoms. The molecule has 4 aromatic carbocycles. The number of ether oxygens (including phenoxy) is 3. The van der Waals surface area contributed by atoms with Crippen LogP contribution in [0.25, 0.3) is 21.5 Å². The molecule has 0 bridgehead atoms. The molecule has 6 rings (SSSR count). The van der Waals surface area contributed by atoms with Crippen LogP contribution in [0.4, 0.5) is 9.59 Å². The van der Waals surface area contributed by atoms with E-state index < -0.39 is 41.2 Å². The van der Waals surface area contributed by atoms with E-state index in [-0.39, 0.29) is 64.1 Å². The van der Waals surface area contributed by atoms with Gasteiger partial charge in [-0.1, -0.05) is 106 Å². The van der Waals surface area contributed by atoms with Crippen molar-refractivity contribution < 1.29 is 53.2 Å². The van der Waals surface area contributed by atoms with Crippen LogP contribution < -0.4 is 10.6 Å². The molecule has 2 amide bonds. The maximum Gasteiger partial charge on any atom is 0.407 e. The highest BCUT2D eigenvalue weighted by atomic mass is 16.6. The number of nitrogens with zero attached hydrogens (tertiary/aromatic N) is 2. The van der Waals surface area contributed by atoms with Crippen LogP contribution in [0.2, 0.25) is 0 Å². The highest BCUT2D eigenvalue weighted by Crippen LogP contribution is 2.24. The van der Waals surface area contributed by atoms with E-state index >= 15 is 0 Å². The Balaban J connectivity index is 0.000000350. The zero-order valence-electron chi connectivity index (χ0n) is 43.2. The maximum atomic E-state index is 13.4. The number of hydrogen-bond donors (Lipinski definition) is 4. The predicted molar refractivity (Wildman–Crippen MR) is 288 cm³/mol. The quantitative estimate of drug-likeness (QED) is 0.0439. The number of aliphatic hydroxyl groups excluding tert-OH is 1. The molecule has 0 aliphatic heterocycles. The third-order valence-corrected chi connectivity index (χ3v) is 10.9. The summed E-state index contributed by atoms with van der Waals surface area (Å²) in [6.45, 7) is 14.8. The summed E-state index contributed by atoms with van der Waals surface area (Å²) in [4.78, 5) is 80.6. The van der Waals surface area contributed by atoms with Gasteiger partial charge in [-0.15, -0.1) is 0 Å². The smallest absolute Gasteiger partial charge is 0.407 e. The van der Waals surface area contributed by atoms with Gasteiger partial charge in [0.2, 0.25) is 0 Å². The van der Waals surface area contributed by atoms with E-state index in [1.165, 1.54) is 0 Å². The number of aliphatic hydroxyl groups is 1. The van der Waals surface area contributed by atoms with Crippen LogP contribution in [0.3, 0.4) is 0 Å². The molecule has 0 fully saturated rings. The third-order valence-electron chi connectivity index (χ3n) is 10.9. The summed E-state index contributed by atoms with van der Waals surface area (Å²) >= 11 is 0. The van der Waals surface area contributed by atoms with Crippen molar-refractivity contribution in [3.63, 3.8) is 0 Å². The number of fused-ring (bicyclic) bond motifs is 2. The summed E-state index contributed by atoms with van der Waals surface area (Å²) in [6, 6.07) is 30.1. The number of nitrogens with one attached hydrogen (secondary N) is 2. The van der Waals surface area contributed by atoms with Gasteiger partial charge in [0.15, 0.2) is 0 Å². The summed E-state index contributed by atoms with van der Waals surface area (Å²) in [5, 5.41) is 26.7. The molecule has 0 aliphatic rings. The Labute approximate surface area is 435 Å². The Morgan fingerprint density at radius 1 is 0.554 bits per heavy atom. The molecule has 74 heavy (non-hydrogen) atoms. The van der Waals surface area contributed by atoms with Crippen molar-refractivity contribution in [1.29, 1.82) is 0 Å². The van der Waals surface area contributed by atoms with Crippen LogP contribution in [0.5, 0.6) is 0 Å². The second kappa shape index (κ2) is 29.9. The summed E-state index contributed by atoms with van der Waals surface area (Å²) < 4.78 is 15.9. The number of Topliss-reactive ketones (excluding diaryl/α,β-unsaturated/α-hetero) is 2. The van der Waals surface area contributed by atoms with Crippen molar-refractivity contribution in [2.24, 2.45) is 0 Å². The first-order chi connectivity index (χ1) is 34.7. The molecule has 15 nitrogen and oxygen atoms in total. The normalized spacial score (nSPS) is 11.7. The lowest BCUT2D eigenvalue weighted by atomic mass is 9.90. The van der Waals surface area contributed by atoms with Gasteiger partial charge in [-0.05, 0) is 111 Å². The topological polar surface area (TPSA) is 220 Å². The van der Waals surface area contributed by atoms with Crippen molar-refractivity contribution in [1.82, 2.24) is 20.6 Å². The van der Waals surface area contributed by atoms with E-state index in [1.54, 1.807) is 78.5 Å². The predicted octanol–water partition coefficient (Wildman–Crippen LogP) is 11.2. The number of pyridine rings is 2. The molecule has 0 saturated carbocycles. The average molecular weight is 1020 g/mol. The molecule has 2 atom stereocenters. The summed E-state index contributed by atoms with van der Waals surface area (Å²) in [5.74, 6) is -2.08. The SMILES string of the molecule is C.CC(C)(C)OC(=O)NCC(C(=O)Cc1ccc2cnccc2c1)c1ccc(CO)cc1.CCCC(=O)O.CCCC(=O)OCc1ccc(C(CNC(=O)OC(C)(C)C)C(=O)Cc2ccc3cnccc3c2)cc1. The van der Waals surface area contributed by atoms with Gasteiger partial charge in [0, 0.05) is 74.3 Å². The van der Waals surface area contributed by atoms with E-state index in [0.29, 0.717) is 12.8 Å². The van der Waals surface area contributed by atoms with Crippen LogP contribution >= 0.6 is 0 Å². The number of benzene rings is 4. The number of esters is 1. The van der Waals surface area contributed by atoms with Gasteiger partial charge < -0.3 is 35.1 Å². The van der Waals surface area contributed by atoms with Crippen molar-refractivity contribution in [2.75, 3.05) is 13.1 Å². The van der Waals surface area contributed by atoms with E-state index in [4.69, 9.17) is 19.3 Å². The number of carboxylic acids is 1. The molecule has 396 valence electrons. The van der Waals surface area contributed by atoms with E-state index in [0.717, 1.165) is 67.8 Å². The van der Waals surface area contributed by atoms with Crippen LogP contribution in [0.15, 0.2) is 122 Å². The van der Waals surface area contributed by atoms with Gasteiger partial charge in [-0.25, -0.2) is 9.59 Å². The fraction of sp³-hybridized carbons (Fsp3) is 0.390. The highest BCUT2D eigenvalue weighted by molar-refractivity contribution is 5.91. The Hall–Kier alpha value is -7.52. The minimum Gasteiger partial charge on any atom is -0.481 e. The minimum atomic E-state index is -0.711. The fourth-order valence-electron chi connectivity index (χ4n) is 7.32. The molecule has 2 heterocycles. The van der Waals surface area contributed by atoms with Gasteiger partial charge in [-0.2, -0.15) is 0 Å². The Morgan fingerprint density at radius 3 is 1.32 bits per heavy atom. The number of rotatable bonds is 19. The average Bonchev–Trinajstić information content (AvgIpc) is 3.33. The lowest BCUT2D eigenvalue weighted by Crippen LogP contribution is -2.36. The van der Waals surface area contributed by atoms with Gasteiger partial charge in [-0.3, -0.25) is 29.1 Å². The largest absolute Gasteiger partial charge is 0.481 e. The Kier molecular flexibility index (Phi) is 24.5. The number of aromatic nitrogens is 2. The molecule has 4 N–H and O–H groups in total. The molecule has 2 unspecified atom stereocenters. The monoisotopic (exact) mass is 1010 g/mol. The Morgan fingerprint density at radius 2 is 0.959 bits per heavy atom. The van der Waals surface area contributed by atoms with Gasteiger partial charge in [0.05, 0.1) is 18.4 Å². The number of ketones is 2. The molecule has 2 aromatic heterocycles. The van der Waals surface area contributed by atoms with Crippen LogP contribution in [0.1, 0.15) is 134 Å². The number of carbonyl (C=O) groups excluding carboxylic acids is 5. The van der Waals surface area contributed by atoms with E-state index in [9.17, 15) is 33.9 Å². The van der Waals surface area contributed by atoms with Crippen molar-refractivity contribution in [2.45, 2.75) is 138 Å². The zero-order valence-corrected chi connectivity index (χ0v) is 43.2. The molecule has 0 radical (unpaired) electrons. The summed E-state index contributed by atoms with van der Waals surface area (Å²) in [7, 11) is 0. The molecule has 6 aromatic rings. The van der Waals surface area contributed by atoms with Gasteiger partial charge in [0.1, 0.15) is 29.4 Å². The van der Waals surface area contributed by atoms with E-state index in [1.807, 2.05) is 98.8 Å². The second-order valence-electron chi connectivity index (χ2n) is 19.5. The summed E-state index contributed by atoms with van der Waals surface area (Å²) in [6.07, 6.45) is 8.50. The van der Waals surface area contributed by atoms with Gasteiger partial charge >= 0.3 is 24.1 Å². The van der Waals surface area contributed by atoms with Crippen LogP contribution in [-0.2, 0) is 59.4 Å². The molecule has 0 aliphatic carbocycles. The number of carboxylic acid groups (broad SMARTS) is 1. The number of hydrogen-bond acceptors (Lipinski definition) is 12. The standard InChI is InChI=1S/C29H34N2O5.C25H28N2O4.C4H8O2.CH4/c1-5-6-27(33)35-19-20-7-10-22(11-8-20)25(18-31-28(34)36-29(2,3)4)26(32)16-21-9-12-24-17-30-14-13-23(24)15-21;1-25(2,3)31-24(30)27-15-22(19-7-4-17(16-28)5-8-19)23(29)13-18-6-9-21-14-26-11-10-20(21)12-18;1-2-3-4(5)6;/h7-15,17,25H,5-6,16,18-19H2,1-4H3,(H,31,34);4-12,14,22,28H,13,15-16H2,1-3H3,(H,27,30);2-3H2,1H3,(H,5,6);1H4. The first-order valence-corrected chi connectivity index (χ1v) is 24.5. The highest BCUT2D eigenvalue weighted by Gasteiger charge is 2.26. The van der Waals surface area contributed by atoms with Crippen molar-refractivity contribution in [3.05, 3.63) is 155 Å². The van der Waals surface area contributed by atoms with Crippen molar-refractivity contribution >= 4 is 57.2 Å². The van der Waals surface area contributed by atoms with E-state index in [2.05, 4.69) is 20.6 Å². The lowest BCUT2D eigenvalue weighted by molar-refractivity contribution is -0.145. The number of alkyl carbamates (subject to hydrolysis) is 2. The molecular weight excluding hydrogens is 941 g/mol. The first-order valence-electron chi connectivity index (χ1n) is 24.5. The fourth-order valence-corrected chi connectivity index (χ4v) is 7.32. The van der Waals surface area contributed by atoms with Crippen molar-refractivity contribution in [3.8, 4) is 0 Å². The molecule has 0 saturated heterocycles. The Bertz CT molecular complexity index is 2760. The second-order valence-corrected chi connectivity index (χ2v) is 19.5.